The van der Waals surface area contributed by atoms with Crippen molar-refractivity contribution < 1.29 is 0 Å². The van der Waals surface area contributed by atoms with Gasteiger partial charge in [-0.3, -0.25) is 0 Å². The van der Waals surface area contributed by atoms with E-state index in [0.717, 1.165) is 30.6 Å². The fourth-order valence-electron chi connectivity index (χ4n) is 2.94. The molecule has 4 heteroatoms. The van der Waals surface area contributed by atoms with Crippen LogP contribution in [0.3, 0.4) is 0 Å². The van der Waals surface area contributed by atoms with E-state index in [1.807, 2.05) is 0 Å². The van der Waals surface area contributed by atoms with Gasteiger partial charge in [-0.2, -0.15) is 0 Å². The summed E-state index contributed by atoms with van der Waals surface area (Å²) < 4.78 is 0. The van der Waals surface area contributed by atoms with E-state index < -0.39 is 0 Å². The fraction of sp³-hybridized carbons (Fsp3) is 0.688. The van der Waals surface area contributed by atoms with E-state index in [-0.39, 0.29) is 0 Å². The van der Waals surface area contributed by atoms with Gasteiger partial charge in [-0.05, 0) is 51.4 Å². The lowest BCUT2D eigenvalue weighted by atomic mass is 10.1. The maximum Gasteiger partial charge on any atom is 0.128 e. The minimum absolute atomic E-state index is 0.591. The van der Waals surface area contributed by atoms with Crippen molar-refractivity contribution >= 4 is 5.82 Å². The van der Waals surface area contributed by atoms with Crippen molar-refractivity contribution in [1.82, 2.24) is 15.2 Å². The number of piperidine rings is 1. The lowest BCUT2D eigenvalue weighted by molar-refractivity contribution is 0.247. The number of anilines is 1. The van der Waals surface area contributed by atoms with Gasteiger partial charge in [0.2, 0.25) is 0 Å². The fourth-order valence-corrected chi connectivity index (χ4v) is 2.94. The van der Waals surface area contributed by atoms with E-state index in [1.165, 1.54) is 32.2 Å². The number of likely N-dealkylation sites (N-methyl/N-ethyl adjacent to an activating group) is 2. The van der Waals surface area contributed by atoms with Crippen LogP contribution >= 0.6 is 0 Å². The lowest BCUT2D eigenvalue weighted by Gasteiger charge is -2.36. The molecule has 3 rings (SSSR count). The second kappa shape index (κ2) is 6.10. The molecule has 0 bridgehead atoms. The Kier molecular flexibility index (Phi) is 4.22. The first-order valence-electron chi connectivity index (χ1n) is 7.83. The van der Waals surface area contributed by atoms with Crippen LogP contribution in [0, 0.1) is 0 Å². The number of nitrogens with zero attached hydrogens (tertiary/aromatic N) is 3. The van der Waals surface area contributed by atoms with Crippen molar-refractivity contribution in [2.24, 2.45) is 0 Å². The summed E-state index contributed by atoms with van der Waals surface area (Å²) in [6, 6.07) is 7.72. The number of rotatable bonds is 5. The molecule has 2 fully saturated rings. The largest absolute Gasteiger partial charge is 0.355 e. The molecular formula is C16H26N4. The molecule has 2 aliphatic rings. The molecule has 0 amide bonds. The second-order valence-electron chi connectivity index (χ2n) is 6.31. The van der Waals surface area contributed by atoms with Crippen molar-refractivity contribution in [1.29, 1.82) is 0 Å². The first kappa shape index (κ1) is 13.8. The second-order valence-corrected chi connectivity index (χ2v) is 6.31. The zero-order valence-electron chi connectivity index (χ0n) is 12.7. The summed E-state index contributed by atoms with van der Waals surface area (Å²) in [6.07, 6.45) is 5.21. The summed E-state index contributed by atoms with van der Waals surface area (Å²) in [5.41, 5.74) is 1.16. The first-order chi connectivity index (χ1) is 9.72. The maximum absolute atomic E-state index is 4.82. The minimum atomic E-state index is 0.591. The molecule has 0 aromatic carbocycles. The van der Waals surface area contributed by atoms with E-state index in [1.54, 1.807) is 0 Å². The molecule has 1 unspecified atom stereocenters. The molecule has 2 heterocycles. The predicted molar refractivity (Wildman–Crippen MR) is 83.0 cm³/mol. The number of nitrogens with one attached hydrogen (secondary N) is 1. The molecule has 4 nitrogen and oxygen atoms in total. The van der Waals surface area contributed by atoms with Crippen LogP contribution in [0.1, 0.15) is 31.4 Å². The Balaban J connectivity index is 1.63. The van der Waals surface area contributed by atoms with Gasteiger partial charge in [0.25, 0.3) is 0 Å². The molecule has 1 aliphatic carbocycles. The number of pyridine rings is 1. The van der Waals surface area contributed by atoms with E-state index in [0.29, 0.717) is 6.04 Å². The highest BCUT2D eigenvalue weighted by Crippen LogP contribution is 2.21. The molecule has 1 N–H and O–H groups in total. The van der Waals surface area contributed by atoms with Crippen molar-refractivity contribution in [2.75, 3.05) is 32.1 Å². The molecule has 20 heavy (non-hydrogen) atoms. The van der Waals surface area contributed by atoms with Gasteiger partial charge >= 0.3 is 0 Å². The molecule has 1 aromatic heterocycles. The van der Waals surface area contributed by atoms with E-state index in [4.69, 9.17) is 4.98 Å². The van der Waals surface area contributed by atoms with Crippen molar-refractivity contribution in [2.45, 2.75) is 44.3 Å². The Morgan fingerprint density at radius 1 is 1.35 bits per heavy atom. The molecule has 0 spiro atoms. The third kappa shape index (κ3) is 3.49. The van der Waals surface area contributed by atoms with Crippen molar-refractivity contribution in [3.8, 4) is 0 Å². The maximum atomic E-state index is 4.82. The number of likely N-dealkylation sites (tertiary alicyclic amines) is 1. The normalized spacial score (nSPS) is 23.8. The van der Waals surface area contributed by atoms with Gasteiger partial charge in [-0.15, -0.1) is 0 Å². The zero-order valence-corrected chi connectivity index (χ0v) is 12.7. The van der Waals surface area contributed by atoms with Crippen LogP contribution in [0.15, 0.2) is 18.2 Å². The van der Waals surface area contributed by atoms with E-state index in [2.05, 4.69) is 47.4 Å². The average Bonchev–Trinajstić information content (AvgIpc) is 3.29. The predicted octanol–water partition coefficient (Wildman–Crippen LogP) is 1.86. The number of hydrogen-bond donors (Lipinski definition) is 1. The van der Waals surface area contributed by atoms with Crippen LogP contribution in [0.4, 0.5) is 5.82 Å². The van der Waals surface area contributed by atoms with Crippen LogP contribution in [0.5, 0.6) is 0 Å². The summed E-state index contributed by atoms with van der Waals surface area (Å²) in [5.74, 6) is 1.11. The zero-order chi connectivity index (χ0) is 13.9. The number of hydrogen-bond acceptors (Lipinski definition) is 4. The van der Waals surface area contributed by atoms with Crippen LogP contribution < -0.4 is 10.2 Å². The summed E-state index contributed by atoms with van der Waals surface area (Å²) >= 11 is 0. The summed E-state index contributed by atoms with van der Waals surface area (Å²) in [5, 5.41) is 3.54. The Morgan fingerprint density at radius 3 is 2.95 bits per heavy atom. The monoisotopic (exact) mass is 274 g/mol. The molecule has 1 saturated carbocycles. The van der Waals surface area contributed by atoms with Crippen LogP contribution in [-0.2, 0) is 6.54 Å². The standard InChI is InChI=1S/C16H26N4/c1-19-10-4-6-15(12-19)20(2)16-7-3-5-14(18-16)11-17-13-8-9-13/h3,5,7,13,15,17H,4,6,8-12H2,1-2H3. The topological polar surface area (TPSA) is 31.4 Å². The van der Waals surface area contributed by atoms with Crippen molar-refractivity contribution in [3.05, 3.63) is 23.9 Å². The highest BCUT2D eigenvalue weighted by atomic mass is 15.2. The molecule has 1 saturated heterocycles. The van der Waals surface area contributed by atoms with Crippen LogP contribution in [0.2, 0.25) is 0 Å². The molecule has 1 aromatic rings. The summed E-state index contributed by atoms with van der Waals surface area (Å²) in [7, 11) is 4.40. The molecule has 1 aliphatic heterocycles. The quantitative estimate of drug-likeness (QED) is 0.888. The van der Waals surface area contributed by atoms with Crippen LogP contribution in [0.25, 0.3) is 0 Å². The van der Waals surface area contributed by atoms with E-state index >= 15 is 0 Å². The summed E-state index contributed by atoms with van der Waals surface area (Å²) in [4.78, 5) is 9.59. The van der Waals surface area contributed by atoms with Gasteiger partial charge in [-0.25, -0.2) is 4.98 Å². The Bertz CT molecular complexity index is 444. The molecule has 0 radical (unpaired) electrons. The smallest absolute Gasteiger partial charge is 0.128 e. The van der Waals surface area contributed by atoms with Gasteiger partial charge in [0.1, 0.15) is 5.82 Å². The Labute approximate surface area is 122 Å². The highest BCUT2D eigenvalue weighted by molar-refractivity contribution is 5.39. The number of aromatic nitrogens is 1. The molecular weight excluding hydrogens is 248 g/mol. The third-order valence-corrected chi connectivity index (χ3v) is 4.45. The minimum Gasteiger partial charge on any atom is -0.355 e. The first-order valence-corrected chi connectivity index (χ1v) is 7.83. The van der Waals surface area contributed by atoms with Gasteiger partial charge < -0.3 is 15.1 Å². The van der Waals surface area contributed by atoms with Gasteiger partial charge in [0.05, 0.1) is 5.69 Å². The molecule has 1 atom stereocenters. The summed E-state index contributed by atoms with van der Waals surface area (Å²) in [6.45, 7) is 3.27. The Hall–Kier alpha value is -1.13. The van der Waals surface area contributed by atoms with E-state index in [9.17, 15) is 0 Å². The third-order valence-electron chi connectivity index (χ3n) is 4.45. The van der Waals surface area contributed by atoms with Gasteiger partial charge in [0.15, 0.2) is 0 Å². The van der Waals surface area contributed by atoms with Crippen molar-refractivity contribution in [3.63, 3.8) is 0 Å². The highest BCUT2D eigenvalue weighted by Gasteiger charge is 2.23. The molecule has 110 valence electrons. The lowest BCUT2D eigenvalue weighted by Crippen LogP contribution is -2.45. The van der Waals surface area contributed by atoms with Gasteiger partial charge in [-0.1, -0.05) is 6.07 Å². The Morgan fingerprint density at radius 2 is 2.20 bits per heavy atom. The van der Waals surface area contributed by atoms with Crippen LogP contribution in [-0.4, -0.2) is 49.2 Å². The SMILES string of the molecule is CN1CCCC(N(C)c2cccc(CNC3CC3)n2)C1. The van der Waals surface area contributed by atoms with Gasteiger partial charge in [0, 0.05) is 32.2 Å². The average molecular weight is 274 g/mol.